The summed E-state index contributed by atoms with van der Waals surface area (Å²) in [5.41, 5.74) is 0. The van der Waals surface area contributed by atoms with Crippen molar-refractivity contribution in [2.75, 3.05) is 6.61 Å². The summed E-state index contributed by atoms with van der Waals surface area (Å²) in [6, 6.07) is -0.709. The third-order valence-electron chi connectivity index (χ3n) is 13.4. The molecule has 3 atom stereocenters. The molecule has 1 amide bonds. The van der Waals surface area contributed by atoms with Crippen molar-refractivity contribution in [2.45, 2.75) is 315 Å². The van der Waals surface area contributed by atoms with Gasteiger partial charge in [0.25, 0.3) is 0 Å². The Kier molecular flexibility index (Phi) is 53.5. The van der Waals surface area contributed by atoms with E-state index in [0.29, 0.717) is 19.3 Å². The molecule has 0 bridgehead atoms. The molecule has 0 fully saturated rings. The number of carbonyl (C=O) groups excluding carboxylic acids is 2. The molecule has 6 nitrogen and oxygen atoms in total. The van der Waals surface area contributed by atoms with Gasteiger partial charge in [-0.2, -0.15) is 0 Å². The number of hydrogen-bond donors (Lipinski definition) is 3. The lowest BCUT2D eigenvalue weighted by atomic mass is 10.0. The van der Waals surface area contributed by atoms with Crippen LogP contribution in [0.3, 0.4) is 0 Å². The molecule has 0 aliphatic rings. The van der Waals surface area contributed by atoms with Gasteiger partial charge in [-0.3, -0.25) is 9.59 Å². The highest BCUT2D eigenvalue weighted by molar-refractivity contribution is 5.77. The van der Waals surface area contributed by atoms with Crippen LogP contribution in [0.2, 0.25) is 0 Å². The van der Waals surface area contributed by atoms with Gasteiger partial charge in [0.1, 0.15) is 6.10 Å². The van der Waals surface area contributed by atoms with E-state index in [-0.39, 0.29) is 24.9 Å². The number of aliphatic hydroxyl groups excluding tert-OH is 2. The average molecular weight is 953 g/mol. The van der Waals surface area contributed by atoms with Gasteiger partial charge < -0.3 is 20.3 Å². The van der Waals surface area contributed by atoms with E-state index in [1.165, 1.54) is 161 Å². The maximum Gasteiger partial charge on any atom is 0.306 e. The zero-order valence-electron chi connectivity index (χ0n) is 45.2. The second-order valence-corrected chi connectivity index (χ2v) is 20.0. The summed E-state index contributed by atoms with van der Waals surface area (Å²) >= 11 is 0. The second-order valence-electron chi connectivity index (χ2n) is 20.0. The van der Waals surface area contributed by atoms with Gasteiger partial charge in [-0.05, 0) is 70.6 Å². The summed E-state index contributed by atoms with van der Waals surface area (Å²) in [6.45, 7) is 6.40. The van der Waals surface area contributed by atoms with Crippen LogP contribution in [0.1, 0.15) is 297 Å². The van der Waals surface area contributed by atoms with E-state index >= 15 is 0 Å². The van der Waals surface area contributed by atoms with Gasteiger partial charge >= 0.3 is 5.97 Å². The molecule has 0 aliphatic carbocycles. The van der Waals surface area contributed by atoms with Crippen molar-refractivity contribution in [2.24, 2.45) is 0 Å². The van der Waals surface area contributed by atoms with E-state index in [1.807, 2.05) is 0 Å². The SMILES string of the molecule is CC/C=C\C/C=C\C/C=C\C/C=C\C/C=C\CCCCCC(=O)OC(CCCCCCCCCCCCCCC)CC(=O)NC(CO)C(O)CCCCCCCCCCCCCCCCCCC. The van der Waals surface area contributed by atoms with Crippen LogP contribution in [0.4, 0.5) is 0 Å². The zero-order valence-corrected chi connectivity index (χ0v) is 45.2. The van der Waals surface area contributed by atoms with E-state index in [0.717, 1.165) is 89.9 Å². The first-order valence-electron chi connectivity index (χ1n) is 29.5. The molecule has 68 heavy (non-hydrogen) atoms. The molecule has 0 aromatic carbocycles. The van der Waals surface area contributed by atoms with E-state index < -0.39 is 18.2 Å². The molecule has 0 spiro atoms. The van der Waals surface area contributed by atoms with Crippen molar-refractivity contribution >= 4 is 11.9 Å². The number of aliphatic hydroxyl groups is 2. The lowest BCUT2D eigenvalue weighted by molar-refractivity contribution is -0.151. The molecular formula is C62H113NO5. The monoisotopic (exact) mass is 952 g/mol. The minimum atomic E-state index is -0.794. The molecule has 0 aromatic heterocycles. The molecular weight excluding hydrogens is 839 g/mol. The van der Waals surface area contributed by atoms with Crippen molar-refractivity contribution in [3.05, 3.63) is 60.8 Å². The van der Waals surface area contributed by atoms with Crippen LogP contribution >= 0.6 is 0 Å². The van der Waals surface area contributed by atoms with Crippen LogP contribution in [-0.4, -0.2) is 46.9 Å². The normalized spacial score (nSPS) is 13.5. The Balaban J connectivity index is 4.55. The van der Waals surface area contributed by atoms with Gasteiger partial charge in [0, 0.05) is 6.42 Å². The van der Waals surface area contributed by atoms with Crippen LogP contribution in [0.15, 0.2) is 60.8 Å². The number of ether oxygens (including phenoxy) is 1. The number of esters is 1. The minimum Gasteiger partial charge on any atom is -0.462 e. The number of nitrogens with one attached hydrogen (secondary N) is 1. The van der Waals surface area contributed by atoms with Crippen molar-refractivity contribution in [3.8, 4) is 0 Å². The van der Waals surface area contributed by atoms with Gasteiger partial charge in [0.2, 0.25) is 5.91 Å². The Morgan fingerprint density at radius 1 is 0.441 bits per heavy atom. The molecule has 0 saturated heterocycles. The summed E-state index contributed by atoms with van der Waals surface area (Å²) in [5.74, 6) is -0.500. The molecule has 0 aromatic rings. The Morgan fingerprint density at radius 2 is 0.794 bits per heavy atom. The van der Waals surface area contributed by atoms with Crippen molar-refractivity contribution in [1.29, 1.82) is 0 Å². The highest BCUT2D eigenvalue weighted by atomic mass is 16.5. The number of carbonyl (C=O) groups is 2. The van der Waals surface area contributed by atoms with Crippen LogP contribution < -0.4 is 5.32 Å². The lowest BCUT2D eigenvalue weighted by Crippen LogP contribution is -2.46. The van der Waals surface area contributed by atoms with Crippen LogP contribution in [0, 0.1) is 0 Å². The summed E-state index contributed by atoms with van der Waals surface area (Å²) < 4.78 is 5.95. The van der Waals surface area contributed by atoms with Gasteiger partial charge in [-0.1, -0.05) is 274 Å². The molecule has 3 N–H and O–H groups in total. The van der Waals surface area contributed by atoms with E-state index in [9.17, 15) is 19.8 Å². The Labute approximate surface area is 422 Å². The summed E-state index contributed by atoms with van der Waals surface area (Å²) in [6.07, 6.45) is 70.0. The van der Waals surface area contributed by atoms with E-state index in [1.54, 1.807) is 0 Å². The lowest BCUT2D eigenvalue weighted by Gasteiger charge is -2.24. The van der Waals surface area contributed by atoms with Gasteiger partial charge in [-0.15, -0.1) is 0 Å². The Hall–Kier alpha value is -2.44. The van der Waals surface area contributed by atoms with Gasteiger partial charge in [0.15, 0.2) is 0 Å². The molecule has 6 heteroatoms. The topological polar surface area (TPSA) is 95.9 Å². The molecule has 396 valence electrons. The Bertz CT molecular complexity index is 1210. The molecule has 0 radical (unpaired) electrons. The van der Waals surface area contributed by atoms with Crippen LogP contribution in [0.25, 0.3) is 0 Å². The first-order valence-corrected chi connectivity index (χ1v) is 29.5. The summed E-state index contributed by atoms with van der Waals surface area (Å²) in [5, 5.41) is 23.9. The highest BCUT2D eigenvalue weighted by Gasteiger charge is 2.24. The fourth-order valence-corrected chi connectivity index (χ4v) is 8.93. The number of unbranched alkanes of at least 4 members (excludes halogenated alkanes) is 31. The molecule has 0 saturated carbocycles. The van der Waals surface area contributed by atoms with Gasteiger partial charge in [0.05, 0.1) is 25.2 Å². The first kappa shape index (κ1) is 65.6. The predicted octanol–water partition coefficient (Wildman–Crippen LogP) is 18.4. The van der Waals surface area contributed by atoms with Crippen LogP contribution in [-0.2, 0) is 14.3 Å². The standard InChI is InChI=1S/C62H113NO5/c1-4-7-10-13-16-19-22-25-27-29-30-32-34-37-40-43-46-49-52-55-62(67)68-58(53-50-47-44-41-38-35-24-21-18-15-12-9-6-3)56-61(66)63-59(57-64)60(65)54-51-48-45-42-39-36-33-31-28-26-23-20-17-14-11-8-5-2/h7,10,16,19,25,27,30,32,37,40,58-60,64-65H,4-6,8-9,11-15,17-18,20-24,26,28-29,31,33-36,38-39,41-57H2,1-3H3,(H,63,66)/b10-7-,19-16-,27-25-,32-30-,40-37-. The number of allylic oxidation sites excluding steroid dienone is 10. The highest BCUT2D eigenvalue weighted by Crippen LogP contribution is 2.19. The number of hydrogen-bond acceptors (Lipinski definition) is 5. The largest absolute Gasteiger partial charge is 0.462 e. The van der Waals surface area contributed by atoms with Crippen molar-refractivity contribution < 1.29 is 24.5 Å². The third-order valence-corrected chi connectivity index (χ3v) is 13.4. The smallest absolute Gasteiger partial charge is 0.306 e. The summed E-state index contributed by atoms with van der Waals surface area (Å²) in [7, 11) is 0. The van der Waals surface area contributed by atoms with E-state index in [2.05, 4.69) is 86.8 Å². The maximum absolute atomic E-state index is 13.3. The maximum atomic E-state index is 13.3. The predicted molar refractivity (Wildman–Crippen MR) is 296 cm³/mol. The number of amides is 1. The Morgan fingerprint density at radius 3 is 1.19 bits per heavy atom. The number of rotatable bonds is 53. The third kappa shape index (κ3) is 50.0. The minimum absolute atomic E-state index is 0.0659. The second kappa shape index (κ2) is 55.5. The average Bonchev–Trinajstić information content (AvgIpc) is 3.33. The molecule has 3 unspecified atom stereocenters. The van der Waals surface area contributed by atoms with Gasteiger partial charge in [-0.25, -0.2) is 0 Å². The zero-order chi connectivity index (χ0) is 49.5. The summed E-state index contributed by atoms with van der Waals surface area (Å²) in [4.78, 5) is 26.3. The quantitative estimate of drug-likeness (QED) is 0.0321. The van der Waals surface area contributed by atoms with Crippen molar-refractivity contribution in [3.63, 3.8) is 0 Å². The van der Waals surface area contributed by atoms with E-state index in [4.69, 9.17) is 4.74 Å². The molecule has 0 heterocycles. The first-order chi connectivity index (χ1) is 33.5. The van der Waals surface area contributed by atoms with Crippen LogP contribution in [0.5, 0.6) is 0 Å². The fraction of sp³-hybridized carbons (Fsp3) is 0.806. The van der Waals surface area contributed by atoms with Crippen molar-refractivity contribution in [1.82, 2.24) is 5.32 Å². The molecule has 0 rings (SSSR count). The fourth-order valence-electron chi connectivity index (χ4n) is 8.93. The molecule has 0 aliphatic heterocycles.